The molecule has 0 radical (unpaired) electrons. The maximum Gasteiger partial charge on any atom is 0.335 e. The molecule has 2 aromatic rings. The highest BCUT2D eigenvalue weighted by molar-refractivity contribution is 7.99. The maximum atomic E-state index is 14.4. The lowest BCUT2D eigenvalue weighted by molar-refractivity contribution is -0.152. The number of carboxylic acids is 1. The number of benzene rings is 1. The van der Waals surface area contributed by atoms with Crippen LogP contribution >= 0.6 is 11.8 Å². The van der Waals surface area contributed by atoms with Crippen LogP contribution in [0.1, 0.15) is 53.0 Å². The molecule has 1 fully saturated rings. The molecule has 21 heteroatoms. The van der Waals surface area contributed by atoms with Crippen molar-refractivity contribution in [1.29, 1.82) is 0 Å². The van der Waals surface area contributed by atoms with Crippen LogP contribution < -0.4 is 31.9 Å². The van der Waals surface area contributed by atoms with Crippen LogP contribution in [0.15, 0.2) is 29.3 Å². The van der Waals surface area contributed by atoms with Crippen LogP contribution in [0.2, 0.25) is 0 Å². The van der Waals surface area contributed by atoms with Crippen molar-refractivity contribution in [3.05, 3.63) is 29.8 Å². The molecule has 5 rings (SSSR count). The van der Waals surface area contributed by atoms with E-state index < -0.39 is 113 Å². The highest BCUT2D eigenvalue weighted by atomic mass is 32.2. The smallest absolute Gasteiger partial charge is 0.335 e. The molecule has 58 heavy (non-hydrogen) atoms. The molecular formula is C37H50N8O12S. The van der Waals surface area contributed by atoms with E-state index in [0.717, 1.165) is 16.7 Å². The van der Waals surface area contributed by atoms with Gasteiger partial charge in [-0.25, -0.2) is 4.79 Å². The van der Waals surface area contributed by atoms with Crippen molar-refractivity contribution >= 4 is 70.0 Å². The number of aliphatic carboxylic acids is 1. The Morgan fingerprint density at radius 2 is 1.50 bits per heavy atom. The molecule has 1 saturated heterocycles. The first kappa shape index (κ1) is 43.9. The SMILES string of the molecule is CC(C)[C@@H]1NC(=O)[C@H](CC(C)(C)O)NC(=O)[C@@H]2Cc3c([nH]c4ccccc34)SC[C@H](NC(=O)[C@@H]([C@H](O)C(=O)O)NC1=O)C(=O)N1C[C@@H](O)C[C@H]1C(=O)N[C@@H](C)C(=O)N2. The number of nitrogens with one attached hydrogen (secondary N) is 7. The maximum absolute atomic E-state index is 14.4. The number of para-hydroxylation sites is 1. The highest BCUT2D eigenvalue weighted by Gasteiger charge is 2.45. The Balaban J connectivity index is 1.73. The summed E-state index contributed by atoms with van der Waals surface area (Å²) in [5.41, 5.74) is -0.494. The lowest BCUT2D eigenvalue weighted by Gasteiger charge is -2.31. The number of amides is 7. The molecule has 1 aromatic carbocycles. The largest absolute Gasteiger partial charge is 0.479 e. The first-order chi connectivity index (χ1) is 27.1. The molecule has 1 aromatic heterocycles. The number of carboxylic acid groups (broad SMARTS) is 1. The average Bonchev–Trinajstić information content (AvgIpc) is 3.71. The monoisotopic (exact) mass is 830 g/mol. The van der Waals surface area contributed by atoms with Crippen molar-refractivity contribution in [2.24, 2.45) is 5.92 Å². The number of thioether (sulfide) groups is 1. The number of H-pyrrole nitrogens is 1. The number of aliphatic hydroxyl groups excluding tert-OH is 2. The minimum Gasteiger partial charge on any atom is -0.479 e. The van der Waals surface area contributed by atoms with Crippen molar-refractivity contribution in [2.45, 2.75) is 119 Å². The lowest BCUT2D eigenvalue weighted by Crippen LogP contribution is -2.64. The first-order valence-corrected chi connectivity index (χ1v) is 19.8. The average molecular weight is 831 g/mol. The van der Waals surface area contributed by atoms with Crippen molar-refractivity contribution in [3.8, 4) is 0 Å². The minimum atomic E-state index is -2.55. The van der Waals surface area contributed by atoms with E-state index in [-0.39, 0.29) is 31.6 Å². The van der Waals surface area contributed by atoms with E-state index in [0.29, 0.717) is 21.5 Å². The van der Waals surface area contributed by atoms with E-state index in [9.17, 15) is 58.8 Å². The molecular weight excluding hydrogens is 781 g/mol. The fourth-order valence-corrected chi connectivity index (χ4v) is 8.25. The molecule has 11 N–H and O–H groups in total. The van der Waals surface area contributed by atoms with Gasteiger partial charge in [0.05, 0.1) is 16.7 Å². The molecule has 9 atom stereocenters. The van der Waals surface area contributed by atoms with Gasteiger partial charge in [-0.1, -0.05) is 32.0 Å². The van der Waals surface area contributed by atoms with Crippen molar-refractivity contribution in [3.63, 3.8) is 0 Å². The second-order valence-corrected chi connectivity index (χ2v) is 16.8. The molecule has 2 bridgehead atoms. The zero-order chi connectivity index (χ0) is 42.8. The van der Waals surface area contributed by atoms with Crippen LogP contribution in [-0.2, 0) is 44.8 Å². The number of hydrogen-bond donors (Lipinski definition) is 11. The number of rotatable bonds is 5. The van der Waals surface area contributed by atoms with Crippen LogP contribution in [0.3, 0.4) is 0 Å². The van der Waals surface area contributed by atoms with E-state index in [1.807, 2.05) is 0 Å². The zero-order valence-corrected chi connectivity index (χ0v) is 33.3. The van der Waals surface area contributed by atoms with Gasteiger partial charge in [-0.2, -0.15) is 0 Å². The van der Waals surface area contributed by atoms with Gasteiger partial charge in [0, 0.05) is 42.5 Å². The predicted octanol–water partition coefficient (Wildman–Crippen LogP) is -3.02. The van der Waals surface area contributed by atoms with Crippen LogP contribution in [0.25, 0.3) is 10.9 Å². The predicted molar refractivity (Wildman–Crippen MR) is 206 cm³/mol. The summed E-state index contributed by atoms with van der Waals surface area (Å²) < 4.78 is 0. The Bertz CT molecular complexity index is 1970. The number of nitrogens with zero attached hydrogens (tertiary/aromatic N) is 1. The quantitative estimate of drug-likeness (QED) is 0.143. The normalized spacial score (nSPS) is 29.0. The standard InChI is InChI=1S/C37H50N8O12S/c1-15(2)25-32(52)44-26(27(47)36(55)56)33(53)41-23-14-58-34-19(18-8-6-7-9-20(18)42-34)11-21(29(49)40-22(30(50)43-25)12-37(4,5)57)39-28(48)16(3)38-31(51)24-10-17(46)13-45(24)35(23)54/h6-9,15-17,21-27,42,46-47,57H,10-14H2,1-5H3,(H,38,51)(H,39,48)(H,40,49)(H,41,53)(H,43,50)(H,44,52)(H,55,56)/t16-,17-,21-,22-,23-,24-,25-,26+,27-/m0/s1. The van der Waals surface area contributed by atoms with E-state index in [2.05, 4.69) is 36.9 Å². The summed E-state index contributed by atoms with van der Waals surface area (Å²) in [5, 5.41) is 57.9. The van der Waals surface area contributed by atoms with Gasteiger partial charge < -0.3 is 62.2 Å². The number of aliphatic hydroxyl groups is 3. The van der Waals surface area contributed by atoms with Crippen LogP contribution in [0.4, 0.5) is 0 Å². The van der Waals surface area contributed by atoms with Crippen molar-refractivity contribution < 1.29 is 58.8 Å². The lowest BCUT2D eigenvalue weighted by atomic mass is 9.96. The Kier molecular flexibility index (Phi) is 13.4. The van der Waals surface area contributed by atoms with Gasteiger partial charge in [0.1, 0.15) is 42.3 Å². The molecule has 0 unspecified atom stereocenters. The summed E-state index contributed by atoms with van der Waals surface area (Å²) in [4.78, 5) is 114. The molecule has 0 aliphatic carbocycles. The number of aromatic nitrogens is 1. The molecule has 4 heterocycles. The summed E-state index contributed by atoms with van der Waals surface area (Å²) in [6, 6.07) is -3.91. The molecule has 20 nitrogen and oxygen atoms in total. The van der Waals surface area contributed by atoms with E-state index in [4.69, 9.17) is 0 Å². The minimum absolute atomic E-state index is 0.211. The Labute approximate surface area is 337 Å². The Morgan fingerprint density at radius 1 is 0.862 bits per heavy atom. The molecule has 316 valence electrons. The van der Waals surface area contributed by atoms with Crippen molar-refractivity contribution in [2.75, 3.05) is 12.3 Å². The molecule has 3 aliphatic heterocycles. The van der Waals surface area contributed by atoms with Gasteiger partial charge in [-0.05, 0) is 38.3 Å². The number of carbonyl (C=O) groups excluding carboxylic acids is 7. The summed E-state index contributed by atoms with van der Waals surface area (Å²) in [6.45, 7) is 6.81. The fraction of sp³-hybridized carbons (Fsp3) is 0.568. The van der Waals surface area contributed by atoms with Gasteiger partial charge in [0.2, 0.25) is 41.4 Å². The highest BCUT2D eigenvalue weighted by Crippen LogP contribution is 2.32. The summed E-state index contributed by atoms with van der Waals surface area (Å²) in [6.07, 6.45) is -4.59. The third kappa shape index (κ3) is 10.1. The van der Waals surface area contributed by atoms with E-state index in [1.54, 1.807) is 24.3 Å². The zero-order valence-electron chi connectivity index (χ0n) is 32.5. The second kappa shape index (κ2) is 17.7. The number of fused-ring (bicyclic) bond motifs is 5. The topological polar surface area (TPSA) is 309 Å². The van der Waals surface area contributed by atoms with Gasteiger partial charge in [0.15, 0.2) is 6.10 Å². The first-order valence-electron chi connectivity index (χ1n) is 18.8. The van der Waals surface area contributed by atoms with Crippen LogP contribution in [0, 0.1) is 5.92 Å². The Hall–Kier alpha value is -5.25. The van der Waals surface area contributed by atoms with Gasteiger partial charge >= 0.3 is 5.97 Å². The van der Waals surface area contributed by atoms with Crippen LogP contribution in [-0.4, -0.2) is 150 Å². The fourth-order valence-electron chi connectivity index (χ4n) is 7.14. The van der Waals surface area contributed by atoms with E-state index in [1.165, 1.54) is 34.6 Å². The molecule has 3 aliphatic rings. The molecule has 0 spiro atoms. The number of aromatic amines is 1. The molecule has 7 amide bonds. The number of hydrogen-bond acceptors (Lipinski definition) is 12. The summed E-state index contributed by atoms with van der Waals surface area (Å²) >= 11 is 1.00. The van der Waals surface area contributed by atoms with Crippen molar-refractivity contribution in [1.82, 2.24) is 41.8 Å². The van der Waals surface area contributed by atoms with E-state index >= 15 is 0 Å². The third-order valence-electron chi connectivity index (χ3n) is 10.2. The third-order valence-corrected chi connectivity index (χ3v) is 11.3. The summed E-state index contributed by atoms with van der Waals surface area (Å²) in [5.74, 6) is -9.71. The second-order valence-electron chi connectivity index (χ2n) is 15.8. The van der Waals surface area contributed by atoms with Gasteiger partial charge in [0.25, 0.3) is 0 Å². The number of carbonyl (C=O) groups is 8. The molecule has 0 saturated carbocycles. The van der Waals surface area contributed by atoms with Gasteiger partial charge in [-0.3, -0.25) is 33.6 Å². The van der Waals surface area contributed by atoms with Gasteiger partial charge in [-0.15, -0.1) is 11.8 Å². The summed E-state index contributed by atoms with van der Waals surface area (Å²) in [7, 11) is 0. The van der Waals surface area contributed by atoms with Crippen LogP contribution in [0.5, 0.6) is 0 Å². The Morgan fingerprint density at radius 3 is 2.16 bits per heavy atom.